The van der Waals surface area contributed by atoms with Gasteiger partial charge < -0.3 is 40.2 Å². The van der Waals surface area contributed by atoms with E-state index in [0.29, 0.717) is 29.5 Å². The van der Waals surface area contributed by atoms with Crippen LogP contribution in [0.2, 0.25) is 0 Å². The molecule has 5 aromatic carbocycles. The van der Waals surface area contributed by atoms with Crippen LogP contribution in [-0.2, 0) is 19.9 Å². The number of phenolic OH excluding ortho intramolecular Hbond substituents is 2. The summed E-state index contributed by atoms with van der Waals surface area (Å²) in [5, 5.41) is 35.5. The number of hydrogen-bond acceptors (Lipinski definition) is 9. The number of aliphatic carboxylic acids is 1. The van der Waals surface area contributed by atoms with Gasteiger partial charge in [-0.1, -0.05) is 48.5 Å². The van der Waals surface area contributed by atoms with Crippen molar-refractivity contribution in [2.24, 2.45) is 0 Å². The fraction of sp³-hybridized carbons (Fsp3) is 0.190. The van der Waals surface area contributed by atoms with E-state index in [-0.39, 0.29) is 59.6 Å². The van der Waals surface area contributed by atoms with Gasteiger partial charge in [-0.3, -0.25) is 4.79 Å². The van der Waals surface area contributed by atoms with Crippen LogP contribution < -0.4 is 15.4 Å². The number of unbranched alkanes of at least 4 members (excludes halogenated alkanes) is 1. The molecule has 12 nitrogen and oxygen atoms in total. The minimum atomic E-state index is -1.51. The first kappa shape index (κ1) is 34.3. The Hall–Kier alpha value is -6.82. The Labute approximate surface area is 308 Å². The van der Waals surface area contributed by atoms with Gasteiger partial charge in [0.1, 0.15) is 35.6 Å². The second-order valence-electron chi connectivity index (χ2n) is 13.4. The summed E-state index contributed by atoms with van der Waals surface area (Å²) in [5.41, 5.74) is 4.50. The summed E-state index contributed by atoms with van der Waals surface area (Å²) in [6.07, 6.45) is 0.0907. The fourth-order valence-electron chi connectivity index (χ4n) is 7.66. The molecule has 0 saturated heterocycles. The zero-order valence-corrected chi connectivity index (χ0v) is 28.7. The summed E-state index contributed by atoms with van der Waals surface area (Å²) in [6.45, 7) is 0.272. The molecule has 5 N–H and O–H groups in total. The summed E-state index contributed by atoms with van der Waals surface area (Å²) in [4.78, 5) is 51.3. The van der Waals surface area contributed by atoms with Crippen molar-refractivity contribution in [1.82, 2.24) is 10.6 Å². The van der Waals surface area contributed by atoms with Crippen LogP contribution in [0.5, 0.6) is 23.0 Å². The molecule has 0 bridgehead atoms. The van der Waals surface area contributed by atoms with Crippen molar-refractivity contribution >= 4 is 23.9 Å². The van der Waals surface area contributed by atoms with Gasteiger partial charge in [-0.15, -0.1) is 0 Å². The van der Waals surface area contributed by atoms with Crippen LogP contribution in [-0.4, -0.2) is 58.5 Å². The van der Waals surface area contributed by atoms with Gasteiger partial charge in [-0.2, -0.15) is 0 Å². The molecule has 2 amide bonds. The lowest BCUT2D eigenvalue weighted by Gasteiger charge is -2.36. The molecule has 1 aliphatic carbocycles. The quantitative estimate of drug-likeness (QED) is 0.0782. The number of carbonyl (C=O) groups excluding carboxylic acids is 3. The Morgan fingerprint density at radius 3 is 2.02 bits per heavy atom. The van der Waals surface area contributed by atoms with Crippen molar-refractivity contribution in [1.29, 1.82) is 0 Å². The number of rotatable bonds is 10. The Morgan fingerprint density at radius 2 is 1.39 bits per heavy atom. The van der Waals surface area contributed by atoms with Crippen LogP contribution in [0.3, 0.4) is 0 Å². The van der Waals surface area contributed by atoms with E-state index in [2.05, 4.69) is 10.6 Å². The molecule has 0 saturated carbocycles. The van der Waals surface area contributed by atoms with Crippen LogP contribution in [0, 0.1) is 0 Å². The first-order valence-electron chi connectivity index (χ1n) is 17.5. The van der Waals surface area contributed by atoms with E-state index in [1.165, 1.54) is 36.4 Å². The monoisotopic (exact) mass is 726 g/mol. The van der Waals surface area contributed by atoms with Crippen molar-refractivity contribution in [2.75, 3.05) is 13.2 Å². The molecule has 1 atom stereocenters. The van der Waals surface area contributed by atoms with Gasteiger partial charge in [-0.25, -0.2) is 14.4 Å². The Morgan fingerprint density at radius 1 is 0.759 bits per heavy atom. The fourth-order valence-corrected chi connectivity index (χ4v) is 7.66. The third kappa shape index (κ3) is 5.91. The summed E-state index contributed by atoms with van der Waals surface area (Å²) in [6, 6.07) is 28.1. The Balaban J connectivity index is 0.892. The van der Waals surface area contributed by atoms with Crippen LogP contribution in [0.25, 0.3) is 11.1 Å². The molecule has 0 radical (unpaired) electrons. The zero-order chi connectivity index (χ0) is 37.6. The maximum Gasteiger partial charge on any atom is 0.407 e. The number of ether oxygens (including phenoxy) is 3. The largest absolute Gasteiger partial charge is 0.508 e. The minimum absolute atomic E-state index is 0.0578. The number of carbonyl (C=O) groups is 4. The van der Waals surface area contributed by atoms with E-state index in [4.69, 9.17) is 14.2 Å². The normalized spacial score (nSPS) is 14.7. The second kappa shape index (κ2) is 13.6. The van der Waals surface area contributed by atoms with Crippen molar-refractivity contribution in [3.8, 4) is 34.1 Å². The average molecular weight is 727 g/mol. The maximum atomic E-state index is 13.4. The van der Waals surface area contributed by atoms with Gasteiger partial charge in [0.05, 0.1) is 5.56 Å². The van der Waals surface area contributed by atoms with Crippen molar-refractivity contribution in [3.63, 3.8) is 0 Å². The Kier molecular flexibility index (Phi) is 8.65. The molecule has 0 unspecified atom stereocenters. The predicted octanol–water partition coefficient (Wildman–Crippen LogP) is 6.56. The highest BCUT2D eigenvalue weighted by Gasteiger charge is 2.54. The van der Waals surface area contributed by atoms with Crippen LogP contribution in [0.4, 0.5) is 4.79 Å². The number of fused-ring (bicyclic) bond motifs is 9. The number of aromatic hydroxyl groups is 2. The van der Waals surface area contributed by atoms with Crippen LogP contribution in [0.15, 0.2) is 103 Å². The highest BCUT2D eigenvalue weighted by Crippen LogP contribution is 2.57. The second-order valence-corrected chi connectivity index (χ2v) is 13.4. The first-order valence-corrected chi connectivity index (χ1v) is 17.5. The number of phenols is 2. The standard InChI is InChI=1S/C42H34N2O10/c45-24-13-16-32-36(20-24)53-37-21-25(46)14-17-33(37)42(32)34-19-23(12-15-30(34)40(50)54-42)38(47)43-18-6-5-11-35(39(48)49)44-41(51)52-22-31-28-9-3-1-7-26(28)27-8-2-4-10-29(27)31/h1-4,7-10,12-17,19-21,31,35,45-46H,5-6,11,18,22H2,(H,43,47)(H,44,51)(H,48,49)/t35-/m0/s1. The summed E-state index contributed by atoms with van der Waals surface area (Å²) in [5.74, 6) is -2.11. The molecule has 0 aromatic heterocycles. The van der Waals surface area contributed by atoms with E-state index in [1.54, 1.807) is 18.2 Å². The number of esters is 1. The molecular formula is C42H34N2O10. The third-order valence-electron chi connectivity index (χ3n) is 10.2. The molecule has 12 heteroatoms. The van der Waals surface area contributed by atoms with Gasteiger partial charge in [0.2, 0.25) is 0 Å². The van der Waals surface area contributed by atoms with Crippen molar-refractivity contribution in [2.45, 2.75) is 36.8 Å². The SMILES string of the molecule is O=C(N[C@@H](CCCCNC(=O)c1ccc2c(c1)C1(OC2=O)c2ccc(O)cc2Oc2cc(O)ccc21)C(=O)O)OCC1c2ccccc2-c2ccccc21. The maximum absolute atomic E-state index is 13.4. The molecule has 5 aromatic rings. The number of alkyl carbamates (subject to hydrolysis) is 1. The van der Waals surface area contributed by atoms with Crippen LogP contribution in [0.1, 0.15) is 73.7 Å². The number of amides is 2. The molecule has 8 rings (SSSR count). The lowest BCUT2D eigenvalue weighted by Crippen LogP contribution is -2.41. The van der Waals surface area contributed by atoms with Crippen molar-refractivity contribution in [3.05, 3.63) is 142 Å². The summed E-state index contributed by atoms with van der Waals surface area (Å²) in [7, 11) is 0. The molecule has 1 spiro atoms. The molecule has 272 valence electrons. The first-order chi connectivity index (χ1) is 26.1. The smallest absolute Gasteiger partial charge is 0.407 e. The minimum Gasteiger partial charge on any atom is -0.508 e. The Bertz CT molecular complexity index is 2260. The third-order valence-corrected chi connectivity index (χ3v) is 10.2. The molecule has 0 fully saturated rings. The zero-order valence-electron chi connectivity index (χ0n) is 28.7. The lowest BCUT2D eigenvalue weighted by molar-refractivity contribution is -0.139. The van der Waals surface area contributed by atoms with Gasteiger partial charge in [0, 0.05) is 46.8 Å². The summed E-state index contributed by atoms with van der Waals surface area (Å²) < 4.78 is 17.6. The van der Waals surface area contributed by atoms with Gasteiger partial charge in [-0.05, 0) is 84.0 Å². The number of carboxylic acids is 1. The van der Waals surface area contributed by atoms with E-state index in [0.717, 1.165) is 22.3 Å². The van der Waals surface area contributed by atoms with E-state index >= 15 is 0 Å². The molecule has 2 aliphatic heterocycles. The average Bonchev–Trinajstić information content (AvgIpc) is 3.64. The van der Waals surface area contributed by atoms with Gasteiger partial charge in [0.15, 0.2) is 5.60 Å². The predicted molar refractivity (Wildman–Crippen MR) is 194 cm³/mol. The molecule has 2 heterocycles. The number of hydrogen-bond donors (Lipinski definition) is 5. The number of benzene rings is 5. The molecular weight excluding hydrogens is 692 g/mol. The number of nitrogens with one attached hydrogen (secondary N) is 2. The molecule has 3 aliphatic rings. The van der Waals surface area contributed by atoms with Gasteiger partial charge in [0.25, 0.3) is 5.91 Å². The van der Waals surface area contributed by atoms with E-state index < -0.39 is 35.6 Å². The van der Waals surface area contributed by atoms with E-state index in [1.807, 2.05) is 48.5 Å². The lowest BCUT2D eigenvalue weighted by atomic mass is 9.77. The van der Waals surface area contributed by atoms with E-state index in [9.17, 15) is 34.5 Å². The number of carboxylic acid groups (broad SMARTS) is 1. The highest BCUT2D eigenvalue weighted by atomic mass is 16.6. The highest BCUT2D eigenvalue weighted by molar-refractivity contribution is 6.00. The topological polar surface area (TPSA) is 181 Å². The van der Waals surface area contributed by atoms with Crippen LogP contribution >= 0.6 is 0 Å². The molecule has 54 heavy (non-hydrogen) atoms. The van der Waals surface area contributed by atoms with Crippen molar-refractivity contribution < 1.29 is 48.7 Å². The van der Waals surface area contributed by atoms with Gasteiger partial charge >= 0.3 is 18.0 Å². The summed E-state index contributed by atoms with van der Waals surface area (Å²) >= 11 is 0.